The second-order valence-corrected chi connectivity index (χ2v) is 4.90. The number of aliphatic hydroxyl groups is 1. The summed E-state index contributed by atoms with van der Waals surface area (Å²) in [5.41, 5.74) is 7.69. The number of hydrogen-bond donors (Lipinski definition) is 2. The smallest absolute Gasteiger partial charge is 0.330 e. The van der Waals surface area contributed by atoms with Gasteiger partial charge in [0.05, 0.1) is 18.8 Å². The Morgan fingerprint density at radius 2 is 2.27 bits per heavy atom. The number of nitrogens with zero attached hydrogens (tertiary/aromatic N) is 5. The van der Waals surface area contributed by atoms with Crippen molar-refractivity contribution in [3.05, 3.63) is 37.5 Å². The molecule has 2 rings (SSSR count). The molecule has 1 aromatic rings. The van der Waals surface area contributed by atoms with Gasteiger partial charge in [0.25, 0.3) is 5.56 Å². The number of ether oxygens (including phenoxy) is 1. The lowest BCUT2D eigenvalue weighted by Crippen LogP contribution is -2.35. The molecule has 1 unspecified atom stereocenters. The molecule has 1 fully saturated rings. The fourth-order valence-corrected chi connectivity index (χ4v) is 2.25. The quantitative estimate of drug-likeness (QED) is 0.453. The first-order valence-electron chi connectivity index (χ1n) is 6.31. The van der Waals surface area contributed by atoms with E-state index in [-0.39, 0.29) is 25.4 Å². The maximum atomic E-state index is 11.9. The first-order chi connectivity index (χ1) is 9.97. The van der Waals surface area contributed by atoms with Crippen LogP contribution in [-0.2, 0) is 4.74 Å². The molecule has 22 heavy (non-hydrogen) atoms. The van der Waals surface area contributed by atoms with Gasteiger partial charge in [0.2, 0.25) is 0 Å². The molecular formula is C11H17ClN6O4. The topological polar surface area (TPSA) is 136 Å². The highest BCUT2D eigenvalue weighted by molar-refractivity contribution is 5.85. The minimum Gasteiger partial charge on any atom is -0.394 e. The number of aromatic nitrogens is 2. The van der Waals surface area contributed by atoms with E-state index in [0.717, 1.165) is 0 Å². The Morgan fingerprint density at radius 1 is 1.59 bits per heavy atom. The molecule has 0 spiro atoms. The molecule has 1 aliphatic heterocycles. The molecule has 1 aliphatic rings. The predicted molar refractivity (Wildman–Crippen MR) is 81.4 cm³/mol. The lowest BCUT2D eigenvalue weighted by molar-refractivity contribution is -0.0270. The Hall–Kier alpha value is -2.00. The van der Waals surface area contributed by atoms with Crippen molar-refractivity contribution in [2.75, 3.05) is 25.6 Å². The predicted octanol–water partition coefficient (Wildman–Crippen LogP) is -0.0169. The van der Waals surface area contributed by atoms with Crippen LogP contribution in [0, 0.1) is 0 Å². The molecule has 1 saturated heterocycles. The zero-order chi connectivity index (χ0) is 15.6. The van der Waals surface area contributed by atoms with Crippen molar-refractivity contribution in [1.82, 2.24) is 9.55 Å². The number of aliphatic hydroxyl groups excluding tert-OH is 1. The highest BCUT2D eigenvalue weighted by atomic mass is 35.5. The number of nitrogens with one attached hydrogen (secondary N) is 1. The van der Waals surface area contributed by atoms with E-state index in [2.05, 4.69) is 15.0 Å². The Bertz CT molecular complexity index is 680. The van der Waals surface area contributed by atoms with E-state index in [1.54, 1.807) is 19.0 Å². The molecule has 0 aliphatic carbocycles. The van der Waals surface area contributed by atoms with Crippen LogP contribution in [0.4, 0.5) is 5.69 Å². The van der Waals surface area contributed by atoms with Crippen LogP contribution in [0.5, 0.6) is 0 Å². The molecule has 0 radical (unpaired) electrons. The van der Waals surface area contributed by atoms with Gasteiger partial charge in [-0.25, -0.2) is 4.79 Å². The standard InChI is InChI=1S/C11H16N6O4.ClH/c1-16(2)7-4-17(11(20)13-10(7)19)9-3-6(14-15-12)8(5-18)21-9;/h4,6,8-9,18H,3,5H2,1-2H3,(H,13,19,20);1H/t6?,8-,9-;/m1./s1. The molecular weight excluding hydrogens is 316 g/mol. The first kappa shape index (κ1) is 18.1. The van der Waals surface area contributed by atoms with Gasteiger partial charge in [-0.05, 0) is 5.53 Å². The second kappa shape index (κ2) is 7.32. The van der Waals surface area contributed by atoms with Crippen molar-refractivity contribution in [1.29, 1.82) is 0 Å². The number of aromatic amines is 1. The van der Waals surface area contributed by atoms with Gasteiger partial charge in [0.1, 0.15) is 11.9 Å². The van der Waals surface area contributed by atoms with Crippen molar-refractivity contribution in [2.45, 2.75) is 24.8 Å². The third kappa shape index (κ3) is 3.42. The van der Waals surface area contributed by atoms with Crippen LogP contribution in [0.3, 0.4) is 0 Å². The average Bonchev–Trinajstić information content (AvgIpc) is 2.81. The number of halogens is 1. The third-order valence-corrected chi connectivity index (χ3v) is 3.33. The molecule has 10 nitrogen and oxygen atoms in total. The van der Waals surface area contributed by atoms with Crippen LogP contribution in [-0.4, -0.2) is 47.5 Å². The average molecular weight is 333 g/mol. The van der Waals surface area contributed by atoms with Crippen LogP contribution in [0.15, 0.2) is 20.9 Å². The van der Waals surface area contributed by atoms with Crippen LogP contribution < -0.4 is 16.1 Å². The molecule has 0 bridgehead atoms. The molecule has 122 valence electrons. The van der Waals surface area contributed by atoms with Crippen molar-refractivity contribution >= 4 is 18.1 Å². The van der Waals surface area contributed by atoms with Gasteiger partial charge >= 0.3 is 5.69 Å². The van der Waals surface area contributed by atoms with Gasteiger partial charge in [-0.2, -0.15) is 0 Å². The van der Waals surface area contributed by atoms with Gasteiger partial charge in [0, 0.05) is 31.6 Å². The maximum absolute atomic E-state index is 11.9. The Balaban J connectivity index is 0.00000242. The van der Waals surface area contributed by atoms with Gasteiger partial charge in [-0.15, -0.1) is 12.4 Å². The second-order valence-electron chi connectivity index (χ2n) is 4.90. The largest absolute Gasteiger partial charge is 0.394 e. The van der Waals surface area contributed by atoms with E-state index >= 15 is 0 Å². The van der Waals surface area contributed by atoms with Crippen molar-refractivity contribution in [2.24, 2.45) is 5.11 Å². The number of H-pyrrole nitrogens is 1. The zero-order valence-electron chi connectivity index (χ0n) is 12.0. The maximum Gasteiger partial charge on any atom is 0.330 e. The van der Waals surface area contributed by atoms with Crippen LogP contribution >= 0.6 is 12.4 Å². The zero-order valence-corrected chi connectivity index (χ0v) is 12.9. The molecule has 2 heterocycles. The number of azide groups is 1. The normalized spacial score (nSPS) is 23.5. The van der Waals surface area contributed by atoms with E-state index in [1.165, 1.54) is 10.8 Å². The minimum absolute atomic E-state index is 0. The summed E-state index contributed by atoms with van der Waals surface area (Å²) in [5.74, 6) is 0. The Labute approximate surface area is 131 Å². The number of hydrogen-bond acceptors (Lipinski definition) is 6. The summed E-state index contributed by atoms with van der Waals surface area (Å²) >= 11 is 0. The van der Waals surface area contributed by atoms with Crippen LogP contribution in [0.25, 0.3) is 10.4 Å². The SMILES string of the molecule is CN(C)c1cn([C@H]2CC(N=[N+]=[N-])[C@@H](CO)O2)c(=O)[nH]c1=O.Cl. The molecule has 0 saturated carbocycles. The number of rotatable bonds is 4. The summed E-state index contributed by atoms with van der Waals surface area (Å²) in [5, 5.41) is 12.8. The van der Waals surface area contributed by atoms with E-state index < -0.39 is 29.6 Å². The van der Waals surface area contributed by atoms with E-state index in [0.29, 0.717) is 5.69 Å². The Morgan fingerprint density at radius 3 is 2.82 bits per heavy atom. The summed E-state index contributed by atoms with van der Waals surface area (Å²) in [7, 11) is 3.35. The number of anilines is 1. The van der Waals surface area contributed by atoms with Crippen LogP contribution in [0.2, 0.25) is 0 Å². The van der Waals surface area contributed by atoms with Gasteiger partial charge in [0.15, 0.2) is 0 Å². The summed E-state index contributed by atoms with van der Waals surface area (Å²) in [6, 6.07) is -0.563. The first-order valence-corrected chi connectivity index (χ1v) is 6.31. The summed E-state index contributed by atoms with van der Waals surface area (Å²) in [4.78, 5) is 30.1. The van der Waals surface area contributed by atoms with E-state index in [4.69, 9.17) is 10.3 Å². The van der Waals surface area contributed by atoms with Crippen molar-refractivity contribution < 1.29 is 9.84 Å². The highest BCUT2D eigenvalue weighted by Gasteiger charge is 2.35. The molecule has 1 aromatic heterocycles. The van der Waals surface area contributed by atoms with Crippen molar-refractivity contribution in [3.8, 4) is 0 Å². The minimum atomic E-state index is -0.708. The fourth-order valence-electron chi connectivity index (χ4n) is 2.25. The van der Waals surface area contributed by atoms with E-state index in [9.17, 15) is 14.7 Å². The van der Waals surface area contributed by atoms with E-state index in [1.807, 2.05) is 0 Å². The van der Waals surface area contributed by atoms with Gasteiger partial charge < -0.3 is 14.7 Å². The molecule has 11 heteroatoms. The lowest BCUT2D eigenvalue weighted by atomic mass is 10.1. The summed E-state index contributed by atoms with van der Waals surface area (Å²) < 4.78 is 6.75. The van der Waals surface area contributed by atoms with Crippen molar-refractivity contribution in [3.63, 3.8) is 0 Å². The van der Waals surface area contributed by atoms with Gasteiger partial charge in [-0.3, -0.25) is 14.3 Å². The monoisotopic (exact) mass is 332 g/mol. The van der Waals surface area contributed by atoms with Gasteiger partial charge in [-0.1, -0.05) is 5.11 Å². The third-order valence-electron chi connectivity index (χ3n) is 3.33. The summed E-state index contributed by atoms with van der Waals surface area (Å²) in [6.07, 6.45) is 0.251. The molecule has 2 N–H and O–H groups in total. The summed E-state index contributed by atoms with van der Waals surface area (Å²) in [6.45, 7) is -0.321. The fraction of sp³-hybridized carbons (Fsp3) is 0.636. The highest BCUT2D eigenvalue weighted by Crippen LogP contribution is 2.30. The van der Waals surface area contributed by atoms with Crippen LogP contribution in [0.1, 0.15) is 12.6 Å². The molecule has 0 aromatic carbocycles. The Kier molecular flexibility index (Phi) is 6.01. The lowest BCUT2D eigenvalue weighted by Gasteiger charge is -2.17. The molecule has 3 atom stereocenters. The molecule has 0 amide bonds.